The Bertz CT molecular complexity index is 184. The predicted octanol–water partition coefficient (Wildman–Crippen LogP) is 1.40. The molecule has 2 bridgehead atoms. The number of hydrogen-bond acceptors (Lipinski definition) is 3. The maximum absolute atomic E-state index is 9.67. The summed E-state index contributed by atoms with van der Waals surface area (Å²) in [7, 11) is 1.76. The van der Waals surface area contributed by atoms with Crippen LogP contribution >= 0.6 is 0 Å². The molecule has 3 nitrogen and oxygen atoms in total. The summed E-state index contributed by atoms with van der Waals surface area (Å²) in [5, 5.41) is 9.67. The molecule has 3 heteroatoms. The van der Waals surface area contributed by atoms with Gasteiger partial charge in [-0.1, -0.05) is 0 Å². The maximum atomic E-state index is 9.67. The molecule has 2 saturated heterocycles. The Balaban J connectivity index is 1.74. The monoisotopic (exact) mass is 213 g/mol. The van der Waals surface area contributed by atoms with Crippen molar-refractivity contribution in [2.24, 2.45) is 0 Å². The number of methoxy groups -OCH3 is 1. The van der Waals surface area contributed by atoms with Crippen molar-refractivity contribution in [1.29, 1.82) is 0 Å². The van der Waals surface area contributed by atoms with E-state index < -0.39 is 0 Å². The fraction of sp³-hybridized carbons (Fsp3) is 1.00. The topological polar surface area (TPSA) is 32.7 Å². The molecule has 2 rings (SSSR count). The van der Waals surface area contributed by atoms with Gasteiger partial charge in [0, 0.05) is 25.8 Å². The number of fused-ring (bicyclic) bond motifs is 2. The molecule has 2 fully saturated rings. The molecule has 0 amide bonds. The van der Waals surface area contributed by atoms with Crippen molar-refractivity contribution in [3.05, 3.63) is 0 Å². The lowest BCUT2D eigenvalue weighted by Gasteiger charge is -2.37. The van der Waals surface area contributed by atoms with E-state index in [2.05, 4.69) is 4.90 Å². The lowest BCUT2D eigenvalue weighted by Crippen LogP contribution is -2.45. The van der Waals surface area contributed by atoms with Crippen LogP contribution in [0.25, 0.3) is 0 Å². The minimum absolute atomic E-state index is 0.0299. The molecule has 88 valence electrons. The van der Waals surface area contributed by atoms with E-state index in [1.54, 1.807) is 7.11 Å². The summed E-state index contributed by atoms with van der Waals surface area (Å²) in [6, 6.07) is 1.34. The molecule has 2 aliphatic rings. The molecule has 2 unspecified atom stereocenters. The zero-order valence-corrected chi connectivity index (χ0v) is 9.69. The molecule has 2 atom stereocenters. The first-order valence-corrected chi connectivity index (χ1v) is 6.24. The van der Waals surface area contributed by atoms with Crippen molar-refractivity contribution in [3.8, 4) is 0 Å². The Hall–Kier alpha value is -0.120. The van der Waals surface area contributed by atoms with Crippen molar-refractivity contribution in [3.63, 3.8) is 0 Å². The van der Waals surface area contributed by atoms with Gasteiger partial charge in [0.2, 0.25) is 0 Å². The first-order valence-electron chi connectivity index (χ1n) is 6.24. The highest BCUT2D eigenvalue weighted by molar-refractivity contribution is 4.94. The largest absolute Gasteiger partial charge is 0.393 e. The number of aliphatic hydroxyl groups is 1. The smallest absolute Gasteiger partial charge is 0.0570 e. The number of nitrogens with zero attached hydrogens (tertiary/aromatic N) is 1. The van der Waals surface area contributed by atoms with Gasteiger partial charge in [-0.2, -0.15) is 0 Å². The summed E-state index contributed by atoms with van der Waals surface area (Å²) in [5.41, 5.74) is 0. The minimum atomic E-state index is -0.0299. The van der Waals surface area contributed by atoms with E-state index >= 15 is 0 Å². The van der Waals surface area contributed by atoms with E-state index in [9.17, 15) is 5.11 Å². The van der Waals surface area contributed by atoms with Crippen LogP contribution in [0.1, 0.15) is 38.5 Å². The van der Waals surface area contributed by atoms with Crippen LogP contribution in [0.15, 0.2) is 0 Å². The number of unbranched alkanes of at least 4 members (excludes halogenated alkanes) is 1. The van der Waals surface area contributed by atoms with Gasteiger partial charge in [0.25, 0.3) is 0 Å². The van der Waals surface area contributed by atoms with Gasteiger partial charge < -0.3 is 9.84 Å². The summed E-state index contributed by atoms with van der Waals surface area (Å²) in [6.45, 7) is 2.08. The number of rotatable bonds is 5. The number of ether oxygens (including phenoxy) is 1. The Morgan fingerprint density at radius 1 is 1.20 bits per heavy atom. The second-order valence-corrected chi connectivity index (χ2v) is 4.95. The van der Waals surface area contributed by atoms with E-state index in [0.717, 1.165) is 25.9 Å². The third kappa shape index (κ3) is 2.71. The fourth-order valence-corrected chi connectivity index (χ4v) is 3.15. The normalized spacial score (nSPS) is 36.0. The summed E-state index contributed by atoms with van der Waals surface area (Å²) < 4.78 is 5.06. The van der Waals surface area contributed by atoms with Crippen LogP contribution in [0.2, 0.25) is 0 Å². The molecule has 0 radical (unpaired) electrons. The van der Waals surface area contributed by atoms with Gasteiger partial charge in [0.05, 0.1) is 6.10 Å². The van der Waals surface area contributed by atoms with Gasteiger partial charge in [-0.25, -0.2) is 0 Å². The molecule has 0 spiro atoms. The second kappa shape index (κ2) is 5.28. The van der Waals surface area contributed by atoms with Crippen molar-refractivity contribution in [2.75, 3.05) is 20.3 Å². The lowest BCUT2D eigenvalue weighted by molar-refractivity contribution is 0.0336. The highest BCUT2D eigenvalue weighted by Crippen LogP contribution is 2.35. The number of piperidine rings is 1. The summed E-state index contributed by atoms with van der Waals surface area (Å²) in [4.78, 5) is 2.63. The van der Waals surface area contributed by atoms with Crippen molar-refractivity contribution >= 4 is 0 Å². The Morgan fingerprint density at radius 2 is 1.87 bits per heavy atom. The standard InChI is InChI=1S/C12H23NO2/c1-15-7-3-2-6-13-10-4-5-11(13)9-12(14)8-10/h10-12,14H,2-9H2,1H3. The number of aliphatic hydroxyl groups excluding tert-OH is 1. The second-order valence-electron chi connectivity index (χ2n) is 4.95. The van der Waals surface area contributed by atoms with Gasteiger partial charge in [0.15, 0.2) is 0 Å². The van der Waals surface area contributed by atoms with Gasteiger partial charge in [0.1, 0.15) is 0 Å². The molecule has 2 heterocycles. The fourth-order valence-electron chi connectivity index (χ4n) is 3.15. The van der Waals surface area contributed by atoms with E-state index in [0.29, 0.717) is 12.1 Å². The average molecular weight is 213 g/mol. The highest BCUT2D eigenvalue weighted by atomic mass is 16.5. The van der Waals surface area contributed by atoms with Gasteiger partial charge in [-0.3, -0.25) is 4.90 Å². The Labute approximate surface area is 92.4 Å². The van der Waals surface area contributed by atoms with E-state index in [1.807, 2.05) is 0 Å². The first-order chi connectivity index (χ1) is 7.31. The molecule has 0 aromatic rings. The zero-order chi connectivity index (χ0) is 10.7. The third-order valence-electron chi connectivity index (χ3n) is 3.87. The Kier molecular flexibility index (Phi) is 4.00. The molecule has 2 aliphatic heterocycles. The van der Waals surface area contributed by atoms with Crippen LogP contribution in [-0.4, -0.2) is 48.5 Å². The molecule has 0 aromatic carbocycles. The van der Waals surface area contributed by atoms with Crippen LogP contribution in [0.5, 0.6) is 0 Å². The molecular weight excluding hydrogens is 190 g/mol. The van der Waals surface area contributed by atoms with Crippen LogP contribution in [-0.2, 0) is 4.74 Å². The highest BCUT2D eigenvalue weighted by Gasteiger charge is 2.39. The lowest BCUT2D eigenvalue weighted by atomic mass is 9.99. The SMILES string of the molecule is COCCCCN1C2CCC1CC(O)C2. The van der Waals surface area contributed by atoms with Crippen LogP contribution < -0.4 is 0 Å². The van der Waals surface area contributed by atoms with Crippen LogP contribution in [0, 0.1) is 0 Å². The quantitative estimate of drug-likeness (QED) is 0.701. The number of hydrogen-bond donors (Lipinski definition) is 1. The van der Waals surface area contributed by atoms with Gasteiger partial charge in [-0.05, 0) is 45.1 Å². The van der Waals surface area contributed by atoms with Crippen LogP contribution in [0.4, 0.5) is 0 Å². The molecule has 0 aromatic heterocycles. The van der Waals surface area contributed by atoms with Gasteiger partial charge >= 0.3 is 0 Å². The van der Waals surface area contributed by atoms with E-state index in [4.69, 9.17) is 4.74 Å². The molecule has 0 saturated carbocycles. The minimum Gasteiger partial charge on any atom is -0.393 e. The van der Waals surface area contributed by atoms with Crippen molar-refractivity contribution < 1.29 is 9.84 Å². The van der Waals surface area contributed by atoms with Gasteiger partial charge in [-0.15, -0.1) is 0 Å². The Morgan fingerprint density at radius 3 is 2.47 bits per heavy atom. The van der Waals surface area contributed by atoms with E-state index in [-0.39, 0.29) is 6.10 Å². The summed E-state index contributed by atoms with van der Waals surface area (Å²) >= 11 is 0. The third-order valence-corrected chi connectivity index (χ3v) is 3.87. The average Bonchev–Trinajstić information content (AvgIpc) is 2.46. The molecular formula is C12H23NO2. The molecule has 15 heavy (non-hydrogen) atoms. The summed E-state index contributed by atoms with van der Waals surface area (Å²) in [5.74, 6) is 0. The maximum Gasteiger partial charge on any atom is 0.0570 e. The van der Waals surface area contributed by atoms with E-state index in [1.165, 1.54) is 25.8 Å². The first kappa shape index (κ1) is 11.4. The van der Waals surface area contributed by atoms with Crippen molar-refractivity contribution in [1.82, 2.24) is 4.90 Å². The zero-order valence-electron chi connectivity index (χ0n) is 9.69. The molecule has 1 N–H and O–H groups in total. The molecule has 0 aliphatic carbocycles. The van der Waals surface area contributed by atoms with Crippen molar-refractivity contribution in [2.45, 2.75) is 56.7 Å². The summed E-state index contributed by atoms with van der Waals surface area (Å²) in [6.07, 6.45) is 6.96. The predicted molar refractivity (Wildman–Crippen MR) is 59.9 cm³/mol. The van der Waals surface area contributed by atoms with Crippen LogP contribution in [0.3, 0.4) is 0 Å².